The summed E-state index contributed by atoms with van der Waals surface area (Å²) in [6, 6.07) is 9.35. The van der Waals surface area contributed by atoms with Crippen LogP contribution in [0.4, 0.5) is 5.69 Å². The molecule has 4 aromatic rings. The van der Waals surface area contributed by atoms with E-state index in [1.165, 1.54) is 0 Å². The average molecular weight is 403 g/mol. The minimum absolute atomic E-state index is 0.0437. The Morgan fingerprint density at radius 2 is 1.83 bits per heavy atom. The third kappa shape index (κ3) is 3.58. The number of pyridine rings is 1. The van der Waals surface area contributed by atoms with Crippen LogP contribution in [0.1, 0.15) is 34.6 Å². The molecule has 0 bridgehead atoms. The fourth-order valence-corrected chi connectivity index (χ4v) is 3.87. The Morgan fingerprint density at radius 3 is 2.53 bits per heavy atom. The molecule has 0 aliphatic heterocycles. The molecule has 0 fully saturated rings. The highest BCUT2D eigenvalue weighted by Gasteiger charge is 2.17. The molecule has 1 N–H and O–H groups in total. The number of nitrogens with one attached hydrogen (secondary N) is 1. The monoisotopic (exact) mass is 403 g/mol. The fraction of sp³-hybridized carbons (Fsp3) is 0.304. The lowest BCUT2D eigenvalue weighted by molar-refractivity contribution is -0.116. The second kappa shape index (κ2) is 7.74. The predicted octanol–water partition coefficient (Wildman–Crippen LogP) is 4.09. The fourth-order valence-electron chi connectivity index (χ4n) is 3.87. The molecule has 30 heavy (non-hydrogen) atoms. The number of fused-ring (bicyclic) bond motifs is 3. The number of hydrogen-bond acceptors (Lipinski definition) is 5. The topological polar surface area (TPSA) is 81.4 Å². The Bertz CT molecular complexity index is 1260. The van der Waals surface area contributed by atoms with Gasteiger partial charge in [-0.3, -0.25) is 4.79 Å². The summed E-state index contributed by atoms with van der Waals surface area (Å²) < 4.78 is 7.00. The first-order valence-electron chi connectivity index (χ1n) is 9.94. The minimum atomic E-state index is -0.0437. The van der Waals surface area contributed by atoms with Crippen LogP contribution in [0.15, 0.2) is 30.3 Å². The summed E-state index contributed by atoms with van der Waals surface area (Å²) in [6.07, 6.45) is 0.947. The number of amides is 1. The van der Waals surface area contributed by atoms with E-state index < -0.39 is 0 Å². The summed E-state index contributed by atoms with van der Waals surface area (Å²) in [5.41, 5.74) is 7.27. The van der Waals surface area contributed by atoms with Gasteiger partial charge in [0.2, 0.25) is 5.91 Å². The molecule has 7 heteroatoms. The van der Waals surface area contributed by atoms with Crippen LogP contribution in [0.3, 0.4) is 0 Å². The summed E-state index contributed by atoms with van der Waals surface area (Å²) in [4.78, 5) is 21.8. The van der Waals surface area contributed by atoms with E-state index in [1.807, 2.05) is 55.6 Å². The van der Waals surface area contributed by atoms with E-state index in [0.717, 1.165) is 50.7 Å². The highest BCUT2D eigenvalue weighted by atomic mass is 16.5. The standard InChI is InChI=1S/C23H25N5O2/c1-13-12-14(2)24-22-21(13)23-25-15(3)19(16(4)28(23)27-22)10-11-20(29)26-17-6-8-18(30-5)9-7-17/h6-9,12H,10-11H2,1-5H3,(H,26,29). The molecule has 4 rings (SSSR count). The Hall–Kier alpha value is -3.48. The van der Waals surface area contributed by atoms with E-state index >= 15 is 0 Å². The molecule has 154 valence electrons. The van der Waals surface area contributed by atoms with Gasteiger partial charge in [-0.05, 0) is 75.6 Å². The summed E-state index contributed by atoms with van der Waals surface area (Å²) >= 11 is 0. The maximum atomic E-state index is 12.5. The number of aryl methyl sites for hydroxylation is 4. The molecule has 1 amide bonds. The average Bonchev–Trinajstić information content (AvgIpc) is 3.07. The highest BCUT2D eigenvalue weighted by Crippen LogP contribution is 2.25. The van der Waals surface area contributed by atoms with Crippen molar-refractivity contribution in [1.82, 2.24) is 19.6 Å². The predicted molar refractivity (Wildman–Crippen MR) is 117 cm³/mol. The SMILES string of the molecule is COc1ccc(NC(=O)CCc2c(C)nc3c4c(C)cc(C)nc4nn3c2C)cc1. The normalized spacial score (nSPS) is 11.2. The van der Waals surface area contributed by atoms with Crippen LogP contribution in [0.25, 0.3) is 16.7 Å². The summed E-state index contributed by atoms with van der Waals surface area (Å²) in [6.45, 7) is 8.03. The first-order valence-corrected chi connectivity index (χ1v) is 9.94. The number of nitrogens with zero attached hydrogens (tertiary/aromatic N) is 4. The van der Waals surface area contributed by atoms with Crippen LogP contribution in [0.5, 0.6) is 5.75 Å². The van der Waals surface area contributed by atoms with E-state index in [0.29, 0.717) is 18.5 Å². The molecule has 0 aliphatic rings. The van der Waals surface area contributed by atoms with Crippen molar-refractivity contribution in [3.63, 3.8) is 0 Å². The van der Waals surface area contributed by atoms with Crippen molar-refractivity contribution >= 4 is 28.3 Å². The van der Waals surface area contributed by atoms with Crippen LogP contribution in [-0.4, -0.2) is 32.6 Å². The zero-order valence-corrected chi connectivity index (χ0v) is 17.9. The number of hydrogen-bond donors (Lipinski definition) is 1. The number of benzene rings is 1. The van der Waals surface area contributed by atoms with Gasteiger partial charge in [0, 0.05) is 29.2 Å². The summed E-state index contributed by atoms with van der Waals surface area (Å²) in [7, 11) is 1.62. The van der Waals surface area contributed by atoms with Gasteiger partial charge in [-0.25, -0.2) is 14.5 Å². The third-order valence-corrected chi connectivity index (χ3v) is 5.39. The van der Waals surface area contributed by atoms with Crippen molar-refractivity contribution in [2.75, 3.05) is 12.4 Å². The molecule has 0 atom stereocenters. The molecule has 0 spiro atoms. The number of methoxy groups -OCH3 is 1. The quantitative estimate of drug-likeness (QED) is 0.543. The maximum absolute atomic E-state index is 12.5. The lowest BCUT2D eigenvalue weighted by Gasteiger charge is -2.11. The van der Waals surface area contributed by atoms with Gasteiger partial charge in [-0.1, -0.05) is 0 Å². The van der Waals surface area contributed by atoms with Crippen LogP contribution in [-0.2, 0) is 11.2 Å². The maximum Gasteiger partial charge on any atom is 0.224 e. The van der Waals surface area contributed by atoms with E-state index in [1.54, 1.807) is 7.11 Å². The van der Waals surface area contributed by atoms with E-state index in [2.05, 4.69) is 22.3 Å². The first kappa shape index (κ1) is 19.8. The van der Waals surface area contributed by atoms with E-state index in [4.69, 9.17) is 9.72 Å². The molecule has 3 heterocycles. The lowest BCUT2D eigenvalue weighted by Crippen LogP contribution is -2.14. The van der Waals surface area contributed by atoms with Crippen LogP contribution < -0.4 is 10.1 Å². The zero-order valence-electron chi connectivity index (χ0n) is 17.9. The Morgan fingerprint density at radius 1 is 1.10 bits per heavy atom. The van der Waals surface area contributed by atoms with Crippen LogP contribution >= 0.6 is 0 Å². The molecule has 0 aliphatic carbocycles. The molecule has 0 saturated heterocycles. The van der Waals surface area contributed by atoms with E-state index in [9.17, 15) is 4.79 Å². The number of ether oxygens (including phenoxy) is 1. The molecule has 7 nitrogen and oxygen atoms in total. The van der Waals surface area contributed by atoms with Gasteiger partial charge in [-0.15, -0.1) is 5.10 Å². The molecular weight excluding hydrogens is 378 g/mol. The molecule has 0 radical (unpaired) electrons. The van der Waals surface area contributed by atoms with Crippen LogP contribution in [0, 0.1) is 27.7 Å². The van der Waals surface area contributed by atoms with Crippen molar-refractivity contribution in [3.8, 4) is 5.75 Å². The molecule has 0 saturated carbocycles. The molecule has 3 aromatic heterocycles. The largest absolute Gasteiger partial charge is 0.497 e. The molecule has 1 aromatic carbocycles. The van der Waals surface area contributed by atoms with Crippen molar-refractivity contribution in [2.24, 2.45) is 0 Å². The Balaban J connectivity index is 1.58. The third-order valence-electron chi connectivity index (χ3n) is 5.39. The van der Waals surface area contributed by atoms with Gasteiger partial charge in [0.1, 0.15) is 5.75 Å². The van der Waals surface area contributed by atoms with Crippen molar-refractivity contribution in [2.45, 2.75) is 40.5 Å². The second-order valence-electron chi connectivity index (χ2n) is 7.55. The van der Waals surface area contributed by atoms with Crippen molar-refractivity contribution in [3.05, 3.63) is 58.5 Å². The van der Waals surface area contributed by atoms with E-state index in [-0.39, 0.29) is 5.91 Å². The number of carbonyl (C=O) groups is 1. The van der Waals surface area contributed by atoms with Gasteiger partial charge in [0.15, 0.2) is 11.3 Å². The second-order valence-corrected chi connectivity index (χ2v) is 7.55. The minimum Gasteiger partial charge on any atom is -0.497 e. The number of aromatic nitrogens is 4. The van der Waals surface area contributed by atoms with Gasteiger partial charge in [0.25, 0.3) is 0 Å². The lowest BCUT2D eigenvalue weighted by atomic mass is 10.1. The van der Waals surface area contributed by atoms with Gasteiger partial charge in [0.05, 0.1) is 12.5 Å². The van der Waals surface area contributed by atoms with Gasteiger partial charge >= 0.3 is 0 Å². The summed E-state index contributed by atoms with van der Waals surface area (Å²) in [5.74, 6) is 0.711. The van der Waals surface area contributed by atoms with Gasteiger partial charge in [-0.2, -0.15) is 0 Å². The smallest absolute Gasteiger partial charge is 0.224 e. The zero-order chi connectivity index (χ0) is 21.4. The number of anilines is 1. The summed E-state index contributed by atoms with van der Waals surface area (Å²) in [5, 5.41) is 8.59. The van der Waals surface area contributed by atoms with Crippen molar-refractivity contribution in [1.29, 1.82) is 0 Å². The molecular formula is C23H25N5O2. The van der Waals surface area contributed by atoms with Crippen LogP contribution in [0.2, 0.25) is 0 Å². The number of carbonyl (C=O) groups excluding carboxylic acids is 1. The highest BCUT2D eigenvalue weighted by molar-refractivity contribution is 5.93. The molecule has 0 unspecified atom stereocenters. The van der Waals surface area contributed by atoms with Gasteiger partial charge < -0.3 is 10.1 Å². The Kier molecular flexibility index (Phi) is 5.11. The Labute approximate surface area is 175 Å². The number of rotatable bonds is 5. The first-order chi connectivity index (χ1) is 14.4. The van der Waals surface area contributed by atoms with Crippen molar-refractivity contribution < 1.29 is 9.53 Å².